The predicted molar refractivity (Wildman–Crippen MR) is 72.4 cm³/mol. The first-order valence-corrected chi connectivity index (χ1v) is 6.87. The lowest BCUT2D eigenvalue weighted by atomic mass is 9.94. The molecular formula is C14H30O4. The summed E-state index contributed by atoms with van der Waals surface area (Å²) in [5.41, 5.74) is -1.16. The summed E-state index contributed by atoms with van der Waals surface area (Å²) in [4.78, 5) is 0. The molecule has 1 N–H and O–H groups in total. The standard InChI is InChI=1S/C14H30O4/c1-6-7-8-9-10-11-12-13(2,15)14(16-3,17-4)18-5/h15H,6-12H2,1-5H3. The number of unbranched alkanes of at least 4 members (excludes halogenated alkanes) is 5. The summed E-state index contributed by atoms with van der Waals surface area (Å²) in [5.74, 6) is -1.38. The van der Waals surface area contributed by atoms with Crippen molar-refractivity contribution in [1.29, 1.82) is 0 Å². The number of rotatable bonds is 11. The summed E-state index contributed by atoms with van der Waals surface area (Å²) in [6.45, 7) is 3.89. The second-order valence-electron chi connectivity index (χ2n) is 4.96. The number of ether oxygens (including phenoxy) is 3. The van der Waals surface area contributed by atoms with Gasteiger partial charge in [-0.15, -0.1) is 0 Å². The van der Waals surface area contributed by atoms with Crippen molar-refractivity contribution in [3.8, 4) is 0 Å². The van der Waals surface area contributed by atoms with Crippen molar-refractivity contribution >= 4 is 0 Å². The fraction of sp³-hybridized carbons (Fsp3) is 1.00. The molecule has 0 saturated heterocycles. The van der Waals surface area contributed by atoms with Gasteiger partial charge in [-0.2, -0.15) is 0 Å². The van der Waals surface area contributed by atoms with Gasteiger partial charge in [0.2, 0.25) is 0 Å². The highest BCUT2D eigenvalue weighted by Crippen LogP contribution is 2.32. The Balaban J connectivity index is 4.12. The third-order valence-electron chi connectivity index (χ3n) is 3.48. The summed E-state index contributed by atoms with van der Waals surface area (Å²) >= 11 is 0. The SMILES string of the molecule is CCCCCCCCC(C)(O)C(OC)(OC)OC. The molecule has 0 amide bonds. The van der Waals surface area contributed by atoms with E-state index in [4.69, 9.17) is 14.2 Å². The van der Waals surface area contributed by atoms with Crippen LogP contribution >= 0.6 is 0 Å². The van der Waals surface area contributed by atoms with Crippen LogP contribution in [0.5, 0.6) is 0 Å². The van der Waals surface area contributed by atoms with E-state index in [1.165, 1.54) is 47.0 Å². The number of hydrogen-bond acceptors (Lipinski definition) is 4. The molecule has 1 atom stereocenters. The van der Waals surface area contributed by atoms with Crippen LogP contribution in [0.3, 0.4) is 0 Å². The largest absolute Gasteiger partial charge is 0.382 e. The van der Waals surface area contributed by atoms with Crippen LogP contribution in [0.4, 0.5) is 0 Å². The maximum absolute atomic E-state index is 10.5. The monoisotopic (exact) mass is 262 g/mol. The van der Waals surface area contributed by atoms with Crippen molar-refractivity contribution in [1.82, 2.24) is 0 Å². The normalized spacial score (nSPS) is 15.7. The van der Waals surface area contributed by atoms with Gasteiger partial charge >= 0.3 is 5.97 Å². The number of aliphatic hydroxyl groups is 1. The zero-order chi connectivity index (χ0) is 14.1. The molecule has 18 heavy (non-hydrogen) atoms. The van der Waals surface area contributed by atoms with Gasteiger partial charge in [0.1, 0.15) is 5.60 Å². The number of methoxy groups -OCH3 is 3. The molecule has 0 saturated carbocycles. The Kier molecular flexibility index (Phi) is 8.78. The minimum absolute atomic E-state index is 0.592. The van der Waals surface area contributed by atoms with Crippen LogP contribution in [-0.4, -0.2) is 38.0 Å². The zero-order valence-corrected chi connectivity index (χ0v) is 12.6. The Labute approximate surface area is 112 Å². The molecule has 0 rings (SSSR count). The van der Waals surface area contributed by atoms with Gasteiger partial charge in [-0.25, -0.2) is 0 Å². The van der Waals surface area contributed by atoms with Crippen LogP contribution in [0.1, 0.15) is 58.8 Å². The number of hydrogen-bond donors (Lipinski definition) is 1. The van der Waals surface area contributed by atoms with Crippen molar-refractivity contribution in [2.45, 2.75) is 70.4 Å². The molecule has 0 aromatic heterocycles. The van der Waals surface area contributed by atoms with E-state index >= 15 is 0 Å². The zero-order valence-electron chi connectivity index (χ0n) is 12.6. The maximum Gasteiger partial charge on any atom is 0.312 e. The Morgan fingerprint density at radius 3 is 1.72 bits per heavy atom. The molecule has 0 aromatic rings. The Morgan fingerprint density at radius 1 is 0.833 bits per heavy atom. The van der Waals surface area contributed by atoms with Crippen molar-refractivity contribution in [3.63, 3.8) is 0 Å². The quantitative estimate of drug-likeness (QED) is 0.459. The highest BCUT2D eigenvalue weighted by molar-refractivity contribution is 4.83. The highest BCUT2D eigenvalue weighted by Gasteiger charge is 2.49. The molecule has 0 aliphatic heterocycles. The molecule has 0 radical (unpaired) electrons. The maximum atomic E-state index is 10.5. The van der Waals surface area contributed by atoms with Crippen LogP contribution in [0.25, 0.3) is 0 Å². The van der Waals surface area contributed by atoms with E-state index in [-0.39, 0.29) is 0 Å². The van der Waals surface area contributed by atoms with E-state index < -0.39 is 11.6 Å². The third-order valence-corrected chi connectivity index (χ3v) is 3.48. The first-order chi connectivity index (χ1) is 8.49. The molecule has 0 aromatic carbocycles. The molecule has 0 bridgehead atoms. The van der Waals surface area contributed by atoms with Crippen LogP contribution in [0.15, 0.2) is 0 Å². The molecule has 4 nitrogen and oxygen atoms in total. The molecule has 0 aliphatic rings. The van der Waals surface area contributed by atoms with Crippen molar-refractivity contribution in [2.75, 3.05) is 21.3 Å². The summed E-state index contributed by atoms with van der Waals surface area (Å²) in [7, 11) is 4.42. The smallest absolute Gasteiger partial charge is 0.312 e. The van der Waals surface area contributed by atoms with Crippen molar-refractivity contribution in [3.05, 3.63) is 0 Å². The van der Waals surface area contributed by atoms with Gasteiger partial charge in [0.25, 0.3) is 0 Å². The van der Waals surface area contributed by atoms with E-state index in [1.54, 1.807) is 6.92 Å². The summed E-state index contributed by atoms with van der Waals surface area (Å²) < 4.78 is 15.6. The van der Waals surface area contributed by atoms with Crippen LogP contribution < -0.4 is 0 Å². The summed E-state index contributed by atoms with van der Waals surface area (Å²) in [6, 6.07) is 0. The lowest BCUT2D eigenvalue weighted by Crippen LogP contribution is -2.56. The lowest BCUT2D eigenvalue weighted by molar-refractivity contribution is -0.417. The van der Waals surface area contributed by atoms with E-state index in [2.05, 4.69) is 6.92 Å². The molecular weight excluding hydrogens is 232 g/mol. The van der Waals surface area contributed by atoms with Gasteiger partial charge in [0, 0.05) is 21.3 Å². The van der Waals surface area contributed by atoms with Crippen LogP contribution in [0.2, 0.25) is 0 Å². The first-order valence-electron chi connectivity index (χ1n) is 6.87. The first kappa shape index (κ1) is 17.8. The molecule has 0 fully saturated rings. The van der Waals surface area contributed by atoms with Crippen LogP contribution in [0, 0.1) is 0 Å². The van der Waals surface area contributed by atoms with Crippen molar-refractivity contribution in [2.24, 2.45) is 0 Å². The van der Waals surface area contributed by atoms with E-state index in [0.29, 0.717) is 6.42 Å². The molecule has 4 heteroatoms. The summed E-state index contributed by atoms with van der Waals surface area (Å²) in [6.07, 6.45) is 7.66. The minimum Gasteiger partial charge on any atom is -0.382 e. The fourth-order valence-corrected chi connectivity index (χ4v) is 2.31. The van der Waals surface area contributed by atoms with Gasteiger partial charge in [0.15, 0.2) is 0 Å². The van der Waals surface area contributed by atoms with E-state index in [1.807, 2.05) is 0 Å². The van der Waals surface area contributed by atoms with Crippen LogP contribution in [-0.2, 0) is 14.2 Å². The molecule has 0 spiro atoms. The van der Waals surface area contributed by atoms with Gasteiger partial charge in [-0.3, -0.25) is 0 Å². The molecule has 110 valence electrons. The Hall–Kier alpha value is -0.160. The van der Waals surface area contributed by atoms with Crippen molar-refractivity contribution < 1.29 is 19.3 Å². The Bertz CT molecular complexity index is 192. The second kappa shape index (κ2) is 8.86. The van der Waals surface area contributed by atoms with Gasteiger partial charge in [-0.05, 0) is 13.3 Å². The average molecular weight is 262 g/mol. The van der Waals surface area contributed by atoms with Gasteiger partial charge < -0.3 is 19.3 Å². The summed E-state index contributed by atoms with van der Waals surface area (Å²) in [5, 5.41) is 10.5. The topological polar surface area (TPSA) is 47.9 Å². The molecule has 1 unspecified atom stereocenters. The highest BCUT2D eigenvalue weighted by atomic mass is 16.9. The van der Waals surface area contributed by atoms with Gasteiger partial charge in [-0.1, -0.05) is 45.4 Å². The fourth-order valence-electron chi connectivity index (χ4n) is 2.31. The Morgan fingerprint density at radius 2 is 1.28 bits per heavy atom. The third kappa shape index (κ3) is 4.84. The minimum atomic E-state index is -1.38. The molecule has 0 heterocycles. The average Bonchev–Trinajstić information content (AvgIpc) is 2.36. The lowest BCUT2D eigenvalue weighted by Gasteiger charge is -2.40. The van der Waals surface area contributed by atoms with E-state index in [9.17, 15) is 5.11 Å². The van der Waals surface area contributed by atoms with E-state index in [0.717, 1.165) is 12.8 Å². The molecule has 0 aliphatic carbocycles. The van der Waals surface area contributed by atoms with Gasteiger partial charge in [0.05, 0.1) is 0 Å². The predicted octanol–water partition coefficient (Wildman–Crippen LogP) is 3.08. The second-order valence-corrected chi connectivity index (χ2v) is 4.96.